The van der Waals surface area contributed by atoms with Crippen molar-refractivity contribution in [2.45, 2.75) is 64.2 Å². The molecule has 25 heavy (non-hydrogen) atoms. The predicted octanol–water partition coefficient (Wildman–Crippen LogP) is 5.42. The maximum Gasteiger partial charge on any atom is 0.325 e. The zero-order chi connectivity index (χ0) is 18.5. The number of ether oxygens (including phenoxy) is 1. The van der Waals surface area contributed by atoms with Crippen LogP contribution < -0.4 is 4.74 Å². The van der Waals surface area contributed by atoms with Crippen LogP contribution in [0.5, 0.6) is 5.75 Å². The molecule has 0 saturated carbocycles. The van der Waals surface area contributed by atoms with E-state index in [0.717, 1.165) is 63.9 Å². The molecule has 144 valence electrons. The number of unbranched alkanes of at least 4 members (excludes halogenated alkanes) is 9. The van der Waals surface area contributed by atoms with Crippen LogP contribution in [0.4, 0.5) is 8.78 Å². The van der Waals surface area contributed by atoms with Gasteiger partial charge in [-0.05, 0) is 25.0 Å². The van der Waals surface area contributed by atoms with E-state index >= 15 is 0 Å². The molecule has 0 radical (unpaired) electrons. The van der Waals surface area contributed by atoms with E-state index in [1.54, 1.807) is 0 Å². The molecule has 0 aliphatic heterocycles. The first-order valence-corrected chi connectivity index (χ1v) is 10.8. The molecule has 7 heteroatoms. The zero-order valence-electron chi connectivity index (χ0n) is 14.6. The van der Waals surface area contributed by atoms with Gasteiger partial charge >= 0.3 is 7.60 Å². The van der Waals surface area contributed by atoms with E-state index in [4.69, 9.17) is 14.5 Å². The van der Waals surface area contributed by atoms with Crippen LogP contribution in [0.3, 0.4) is 0 Å². The van der Waals surface area contributed by atoms with Crippen LogP contribution in [0.2, 0.25) is 0 Å². The van der Waals surface area contributed by atoms with E-state index in [1.165, 1.54) is 12.1 Å². The van der Waals surface area contributed by atoms with E-state index in [-0.39, 0.29) is 11.9 Å². The van der Waals surface area contributed by atoms with Crippen molar-refractivity contribution in [3.05, 3.63) is 29.8 Å². The molecule has 0 aromatic heterocycles. The molecule has 0 heterocycles. The summed E-state index contributed by atoms with van der Waals surface area (Å²) in [5.41, 5.74) is 0. The molecule has 0 unspecified atom stereocenters. The van der Waals surface area contributed by atoms with Crippen molar-refractivity contribution in [2.24, 2.45) is 0 Å². The Bertz CT molecular complexity index is 534. The van der Waals surface area contributed by atoms with Crippen molar-refractivity contribution in [3.63, 3.8) is 0 Å². The third-order valence-corrected chi connectivity index (χ3v) is 4.92. The number of hydrogen-bond acceptors (Lipinski definition) is 2. The Morgan fingerprint density at radius 2 is 1.36 bits per heavy atom. The first-order valence-electron chi connectivity index (χ1n) is 9.01. The fraction of sp³-hybridized carbons (Fsp3) is 0.667. The summed E-state index contributed by atoms with van der Waals surface area (Å²) in [6, 6.07) is 3.93. The quantitative estimate of drug-likeness (QED) is 0.335. The van der Waals surface area contributed by atoms with Crippen molar-refractivity contribution in [3.8, 4) is 5.75 Å². The molecule has 0 saturated heterocycles. The molecule has 0 atom stereocenters. The van der Waals surface area contributed by atoms with Crippen LogP contribution in [-0.4, -0.2) is 22.6 Å². The largest absolute Gasteiger partial charge is 0.490 e. The summed E-state index contributed by atoms with van der Waals surface area (Å²) in [5, 5.41) is 0. The second kappa shape index (κ2) is 12.4. The molecule has 1 aromatic rings. The minimum absolute atomic E-state index is 0.00536. The van der Waals surface area contributed by atoms with Gasteiger partial charge in [-0.1, -0.05) is 57.4 Å². The maximum absolute atomic E-state index is 13.3. The molecular formula is C18H29F2O4P. The van der Waals surface area contributed by atoms with Gasteiger partial charge in [-0.2, -0.15) is 4.39 Å². The third kappa shape index (κ3) is 11.3. The Morgan fingerprint density at radius 3 is 1.92 bits per heavy atom. The van der Waals surface area contributed by atoms with Crippen LogP contribution in [-0.2, 0) is 4.57 Å². The van der Waals surface area contributed by atoms with Crippen molar-refractivity contribution in [1.82, 2.24) is 0 Å². The maximum atomic E-state index is 13.3. The lowest BCUT2D eigenvalue weighted by Crippen LogP contribution is -2.00. The standard InChI is InChI=1S/C18H29F2O4P/c19-16-12-11-13-17(18(16)20)24-14-9-7-5-3-1-2-4-6-8-10-15-25(21,22)23/h11-13H,1-10,14-15H2,(H2,21,22,23). The minimum atomic E-state index is -3.82. The van der Waals surface area contributed by atoms with E-state index < -0.39 is 19.2 Å². The summed E-state index contributed by atoms with van der Waals surface area (Å²) in [6.45, 7) is 0.389. The second-order valence-corrected chi connectivity index (χ2v) is 8.10. The van der Waals surface area contributed by atoms with Crippen molar-refractivity contribution in [2.75, 3.05) is 12.8 Å². The van der Waals surface area contributed by atoms with Gasteiger partial charge in [0.2, 0.25) is 5.82 Å². The Kier molecular flexibility index (Phi) is 10.9. The van der Waals surface area contributed by atoms with Gasteiger partial charge in [0.1, 0.15) is 0 Å². The lowest BCUT2D eigenvalue weighted by atomic mass is 10.1. The fourth-order valence-electron chi connectivity index (χ4n) is 2.61. The van der Waals surface area contributed by atoms with Gasteiger partial charge in [0.05, 0.1) is 6.61 Å². The van der Waals surface area contributed by atoms with Gasteiger partial charge in [0.15, 0.2) is 11.6 Å². The molecule has 0 aliphatic rings. The number of benzene rings is 1. The predicted molar refractivity (Wildman–Crippen MR) is 94.9 cm³/mol. The summed E-state index contributed by atoms with van der Waals surface area (Å²) in [5.74, 6) is -1.85. The van der Waals surface area contributed by atoms with Gasteiger partial charge in [0.25, 0.3) is 0 Å². The van der Waals surface area contributed by atoms with Crippen LogP contribution in [0.1, 0.15) is 64.2 Å². The number of hydrogen-bond donors (Lipinski definition) is 2. The Labute approximate surface area is 148 Å². The van der Waals surface area contributed by atoms with Crippen molar-refractivity contribution < 1.29 is 27.9 Å². The molecule has 0 spiro atoms. The fourth-order valence-corrected chi connectivity index (χ4v) is 3.25. The highest BCUT2D eigenvalue weighted by Crippen LogP contribution is 2.35. The van der Waals surface area contributed by atoms with E-state index in [2.05, 4.69) is 0 Å². The average Bonchev–Trinajstić information content (AvgIpc) is 2.54. The normalized spacial score (nSPS) is 11.7. The van der Waals surface area contributed by atoms with E-state index in [9.17, 15) is 13.3 Å². The monoisotopic (exact) mass is 378 g/mol. The highest BCUT2D eigenvalue weighted by molar-refractivity contribution is 7.51. The molecule has 1 rings (SSSR count). The van der Waals surface area contributed by atoms with Crippen molar-refractivity contribution >= 4 is 7.60 Å². The lowest BCUT2D eigenvalue weighted by molar-refractivity contribution is 0.284. The van der Waals surface area contributed by atoms with Crippen LogP contribution in [0.25, 0.3) is 0 Å². The summed E-state index contributed by atoms with van der Waals surface area (Å²) < 4.78 is 42.3. The minimum Gasteiger partial charge on any atom is -0.490 e. The van der Waals surface area contributed by atoms with Gasteiger partial charge in [-0.15, -0.1) is 0 Å². The van der Waals surface area contributed by atoms with E-state index in [0.29, 0.717) is 13.0 Å². The van der Waals surface area contributed by atoms with Gasteiger partial charge < -0.3 is 14.5 Å². The smallest absolute Gasteiger partial charge is 0.325 e. The SMILES string of the molecule is O=P(O)(O)CCCCCCCCCCCCOc1cccc(F)c1F. The Balaban J connectivity index is 1.88. The lowest BCUT2D eigenvalue weighted by Gasteiger charge is -2.07. The van der Waals surface area contributed by atoms with Crippen LogP contribution in [0, 0.1) is 11.6 Å². The molecule has 0 amide bonds. The summed E-state index contributed by atoms with van der Waals surface area (Å²) >= 11 is 0. The summed E-state index contributed by atoms with van der Waals surface area (Å²) in [4.78, 5) is 17.5. The van der Waals surface area contributed by atoms with Gasteiger partial charge in [-0.25, -0.2) is 4.39 Å². The highest BCUT2D eigenvalue weighted by atomic mass is 31.2. The molecule has 0 bridgehead atoms. The molecule has 4 nitrogen and oxygen atoms in total. The molecular weight excluding hydrogens is 349 g/mol. The molecule has 0 aliphatic carbocycles. The van der Waals surface area contributed by atoms with E-state index in [1.807, 2.05) is 0 Å². The average molecular weight is 378 g/mol. The highest BCUT2D eigenvalue weighted by Gasteiger charge is 2.11. The molecule has 0 fully saturated rings. The van der Waals surface area contributed by atoms with Crippen LogP contribution >= 0.6 is 7.60 Å². The Morgan fingerprint density at radius 1 is 0.840 bits per heavy atom. The van der Waals surface area contributed by atoms with Crippen molar-refractivity contribution in [1.29, 1.82) is 0 Å². The third-order valence-electron chi connectivity index (χ3n) is 4.02. The summed E-state index contributed by atoms with van der Waals surface area (Å²) in [6.07, 6.45) is 9.92. The topological polar surface area (TPSA) is 66.8 Å². The Hall–Kier alpha value is -0.970. The first kappa shape index (κ1) is 22.1. The zero-order valence-corrected chi connectivity index (χ0v) is 15.5. The molecule has 2 N–H and O–H groups in total. The number of halogens is 2. The first-order chi connectivity index (χ1) is 11.9. The van der Waals surface area contributed by atoms with Gasteiger partial charge in [0, 0.05) is 6.16 Å². The second-order valence-electron chi connectivity index (χ2n) is 6.32. The summed E-state index contributed by atoms with van der Waals surface area (Å²) in [7, 11) is -3.82. The number of rotatable bonds is 14. The van der Waals surface area contributed by atoms with Crippen LogP contribution in [0.15, 0.2) is 18.2 Å². The van der Waals surface area contributed by atoms with Gasteiger partial charge in [-0.3, -0.25) is 4.57 Å². The molecule has 1 aromatic carbocycles.